The van der Waals surface area contributed by atoms with E-state index in [0.717, 1.165) is 35.8 Å². The zero-order valence-corrected chi connectivity index (χ0v) is 11.8. The fraction of sp³-hybridized carbons (Fsp3) is 0.429. The Labute approximate surface area is 118 Å². The molecule has 20 heavy (non-hydrogen) atoms. The van der Waals surface area contributed by atoms with Crippen LogP contribution in [0.3, 0.4) is 0 Å². The molecule has 0 amide bonds. The average molecular weight is 276 g/mol. The lowest BCUT2D eigenvalue weighted by Gasteiger charge is -2.08. The third-order valence-electron chi connectivity index (χ3n) is 3.00. The molecule has 2 aromatic rings. The zero-order valence-electron chi connectivity index (χ0n) is 11.8. The van der Waals surface area contributed by atoms with E-state index >= 15 is 0 Å². The maximum Gasteiger partial charge on any atom is 0.161 e. The molecule has 0 spiro atoms. The zero-order chi connectivity index (χ0) is 14.4. The van der Waals surface area contributed by atoms with E-state index in [0.29, 0.717) is 18.7 Å². The molecular formula is C14H20N4O2. The van der Waals surface area contributed by atoms with Gasteiger partial charge in [-0.15, -0.1) is 0 Å². The van der Waals surface area contributed by atoms with Crippen molar-refractivity contribution in [3.8, 4) is 11.5 Å². The molecule has 0 fully saturated rings. The molecule has 0 aliphatic carbocycles. The van der Waals surface area contributed by atoms with Crippen LogP contribution in [0.4, 0.5) is 0 Å². The molecule has 1 aromatic heterocycles. The molecule has 0 atom stereocenters. The molecule has 6 nitrogen and oxygen atoms in total. The van der Waals surface area contributed by atoms with Gasteiger partial charge < -0.3 is 15.2 Å². The highest BCUT2D eigenvalue weighted by molar-refractivity contribution is 5.43. The van der Waals surface area contributed by atoms with E-state index in [9.17, 15) is 0 Å². The smallest absolute Gasteiger partial charge is 0.161 e. The van der Waals surface area contributed by atoms with Crippen molar-refractivity contribution in [3.05, 3.63) is 35.4 Å². The Bertz CT molecular complexity index is 554. The summed E-state index contributed by atoms with van der Waals surface area (Å²) in [6.07, 6.45) is 2.38. The number of rotatable bonds is 7. The van der Waals surface area contributed by atoms with E-state index in [2.05, 4.69) is 15.2 Å². The first-order valence-electron chi connectivity index (χ1n) is 6.58. The lowest BCUT2D eigenvalue weighted by molar-refractivity contribution is 0.354. The first kappa shape index (κ1) is 14.3. The van der Waals surface area contributed by atoms with Crippen LogP contribution in [-0.4, -0.2) is 35.9 Å². The Kier molecular flexibility index (Phi) is 4.95. The molecular weight excluding hydrogens is 256 g/mol. The number of methoxy groups -OCH3 is 2. The molecule has 0 aliphatic heterocycles. The Balaban J connectivity index is 2.07. The summed E-state index contributed by atoms with van der Waals surface area (Å²) < 4.78 is 10.5. The SMILES string of the molecule is COc1ccc(Cc2nc(CCCN)n[nH]2)cc1OC. The number of hydrogen-bond donors (Lipinski definition) is 2. The van der Waals surface area contributed by atoms with Gasteiger partial charge in [-0.05, 0) is 30.7 Å². The predicted octanol–water partition coefficient (Wildman–Crippen LogP) is 1.30. The molecule has 0 saturated carbocycles. The van der Waals surface area contributed by atoms with Crippen molar-refractivity contribution in [2.45, 2.75) is 19.3 Å². The van der Waals surface area contributed by atoms with E-state index in [-0.39, 0.29) is 0 Å². The van der Waals surface area contributed by atoms with Gasteiger partial charge in [-0.2, -0.15) is 5.10 Å². The molecule has 108 valence electrons. The van der Waals surface area contributed by atoms with Gasteiger partial charge in [-0.25, -0.2) is 4.98 Å². The summed E-state index contributed by atoms with van der Waals surface area (Å²) >= 11 is 0. The lowest BCUT2D eigenvalue weighted by atomic mass is 10.1. The van der Waals surface area contributed by atoms with Gasteiger partial charge in [0.15, 0.2) is 17.3 Å². The molecule has 0 unspecified atom stereocenters. The Morgan fingerprint density at radius 2 is 2.00 bits per heavy atom. The highest BCUT2D eigenvalue weighted by Crippen LogP contribution is 2.28. The second kappa shape index (κ2) is 6.91. The molecule has 3 N–H and O–H groups in total. The number of H-pyrrole nitrogens is 1. The largest absolute Gasteiger partial charge is 0.493 e. The van der Waals surface area contributed by atoms with Crippen LogP contribution in [0.15, 0.2) is 18.2 Å². The highest BCUT2D eigenvalue weighted by atomic mass is 16.5. The number of benzene rings is 1. The molecule has 0 aliphatic rings. The lowest BCUT2D eigenvalue weighted by Crippen LogP contribution is -2.01. The van der Waals surface area contributed by atoms with Crippen LogP contribution in [0.25, 0.3) is 0 Å². The first-order chi connectivity index (χ1) is 9.76. The normalized spacial score (nSPS) is 10.6. The molecule has 1 aromatic carbocycles. The quantitative estimate of drug-likeness (QED) is 0.796. The summed E-state index contributed by atoms with van der Waals surface area (Å²) in [7, 11) is 3.25. The van der Waals surface area contributed by atoms with Crippen molar-refractivity contribution in [1.82, 2.24) is 15.2 Å². The number of aromatic amines is 1. The van der Waals surface area contributed by atoms with Gasteiger partial charge in [0.05, 0.1) is 14.2 Å². The van der Waals surface area contributed by atoms with Gasteiger partial charge in [0.2, 0.25) is 0 Å². The topological polar surface area (TPSA) is 86.0 Å². The second-order valence-corrected chi connectivity index (χ2v) is 4.46. The molecule has 0 radical (unpaired) electrons. The minimum absolute atomic E-state index is 0.652. The molecule has 1 heterocycles. The highest BCUT2D eigenvalue weighted by Gasteiger charge is 2.08. The van der Waals surface area contributed by atoms with Gasteiger partial charge in [0, 0.05) is 12.8 Å². The van der Waals surface area contributed by atoms with Crippen molar-refractivity contribution in [1.29, 1.82) is 0 Å². The number of ether oxygens (including phenoxy) is 2. The van der Waals surface area contributed by atoms with Crippen LogP contribution in [0.2, 0.25) is 0 Å². The van der Waals surface area contributed by atoms with Gasteiger partial charge in [0.25, 0.3) is 0 Å². The Morgan fingerprint density at radius 1 is 1.20 bits per heavy atom. The minimum Gasteiger partial charge on any atom is -0.493 e. The van der Waals surface area contributed by atoms with Crippen molar-refractivity contribution < 1.29 is 9.47 Å². The van der Waals surface area contributed by atoms with Crippen molar-refractivity contribution in [3.63, 3.8) is 0 Å². The van der Waals surface area contributed by atoms with Gasteiger partial charge in [-0.1, -0.05) is 6.07 Å². The fourth-order valence-electron chi connectivity index (χ4n) is 1.97. The van der Waals surface area contributed by atoms with Crippen molar-refractivity contribution in [2.75, 3.05) is 20.8 Å². The number of nitrogens with zero attached hydrogens (tertiary/aromatic N) is 2. The van der Waals surface area contributed by atoms with Crippen LogP contribution in [0.5, 0.6) is 11.5 Å². The van der Waals surface area contributed by atoms with E-state index in [1.165, 1.54) is 0 Å². The van der Waals surface area contributed by atoms with Crippen LogP contribution in [-0.2, 0) is 12.8 Å². The number of nitrogens with two attached hydrogens (primary N) is 1. The van der Waals surface area contributed by atoms with Gasteiger partial charge in [0.1, 0.15) is 5.82 Å². The fourth-order valence-corrected chi connectivity index (χ4v) is 1.97. The van der Waals surface area contributed by atoms with Crippen molar-refractivity contribution >= 4 is 0 Å². The van der Waals surface area contributed by atoms with Crippen LogP contribution in [0.1, 0.15) is 23.6 Å². The molecule has 6 heteroatoms. The number of aryl methyl sites for hydroxylation is 1. The first-order valence-corrected chi connectivity index (χ1v) is 6.58. The summed E-state index contributed by atoms with van der Waals surface area (Å²) in [4.78, 5) is 4.45. The average Bonchev–Trinajstić information content (AvgIpc) is 2.92. The minimum atomic E-state index is 0.652. The number of aromatic nitrogens is 3. The van der Waals surface area contributed by atoms with Crippen LogP contribution < -0.4 is 15.2 Å². The predicted molar refractivity (Wildman–Crippen MR) is 76.1 cm³/mol. The van der Waals surface area contributed by atoms with E-state index < -0.39 is 0 Å². The third-order valence-corrected chi connectivity index (χ3v) is 3.00. The van der Waals surface area contributed by atoms with E-state index in [1.807, 2.05) is 18.2 Å². The van der Waals surface area contributed by atoms with E-state index in [1.54, 1.807) is 14.2 Å². The van der Waals surface area contributed by atoms with Gasteiger partial charge >= 0.3 is 0 Å². The summed E-state index contributed by atoms with van der Waals surface area (Å²) in [6.45, 7) is 0.652. The second-order valence-electron chi connectivity index (χ2n) is 4.46. The maximum absolute atomic E-state index is 5.47. The molecule has 2 rings (SSSR count). The molecule has 0 saturated heterocycles. The Morgan fingerprint density at radius 3 is 2.70 bits per heavy atom. The van der Waals surface area contributed by atoms with Crippen LogP contribution >= 0.6 is 0 Å². The van der Waals surface area contributed by atoms with Crippen LogP contribution in [0, 0.1) is 0 Å². The maximum atomic E-state index is 5.47. The summed E-state index contributed by atoms with van der Waals surface area (Å²) in [5.41, 5.74) is 6.56. The summed E-state index contributed by atoms with van der Waals surface area (Å²) in [6, 6.07) is 5.82. The standard InChI is InChI=1S/C14H20N4O2/c1-19-11-6-5-10(8-12(11)20-2)9-14-16-13(17-18-14)4-3-7-15/h5-6,8H,3-4,7,9,15H2,1-2H3,(H,16,17,18). The molecule has 0 bridgehead atoms. The van der Waals surface area contributed by atoms with Crippen molar-refractivity contribution in [2.24, 2.45) is 5.73 Å². The summed E-state index contributed by atoms with van der Waals surface area (Å²) in [5.74, 6) is 3.08. The number of hydrogen-bond acceptors (Lipinski definition) is 5. The summed E-state index contributed by atoms with van der Waals surface area (Å²) in [5, 5.41) is 7.13. The third kappa shape index (κ3) is 3.48. The Hall–Kier alpha value is -2.08. The van der Waals surface area contributed by atoms with Gasteiger partial charge in [-0.3, -0.25) is 5.10 Å². The van der Waals surface area contributed by atoms with E-state index in [4.69, 9.17) is 15.2 Å². The monoisotopic (exact) mass is 276 g/mol. The number of nitrogens with one attached hydrogen (secondary N) is 1.